The molecule has 2 aromatic rings. The third kappa shape index (κ3) is 6.51. The molecule has 2 saturated heterocycles. The maximum atomic E-state index is 13.6. The number of hydrogen-bond acceptors (Lipinski definition) is 4. The number of ether oxygens (including phenoxy) is 1. The average molecular weight is 476 g/mol. The minimum absolute atomic E-state index is 0.0351. The number of hydrogen-bond donors (Lipinski definition) is 2. The smallest absolute Gasteiger partial charge is 0.406 e. The molecule has 184 valence electrons. The number of halogens is 3. The highest BCUT2D eigenvalue weighted by Crippen LogP contribution is 2.35. The second-order valence-electron chi connectivity index (χ2n) is 9.40. The highest BCUT2D eigenvalue weighted by molar-refractivity contribution is 5.95. The third-order valence-corrected chi connectivity index (χ3v) is 6.96. The van der Waals surface area contributed by atoms with Crippen LogP contribution in [0.4, 0.5) is 18.9 Å². The van der Waals surface area contributed by atoms with Crippen LogP contribution < -0.4 is 20.3 Å². The summed E-state index contributed by atoms with van der Waals surface area (Å²) in [5.41, 5.74) is 1.92. The lowest BCUT2D eigenvalue weighted by Crippen LogP contribution is -2.43. The van der Waals surface area contributed by atoms with Gasteiger partial charge < -0.3 is 20.3 Å². The number of anilines is 1. The van der Waals surface area contributed by atoms with Crippen LogP contribution in [0.1, 0.15) is 31.2 Å². The first-order valence-corrected chi connectivity index (χ1v) is 12.0. The predicted octanol–water partition coefficient (Wildman–Crippen LogP) is 4.53. The highest BCUT2D eigenvalue weighted by atomic mass is 19.4. The van der Waals surface area contributed by atoms with Gasteiger partial charge in [-0.2, -0.15) is 0 Å². The van der Waals surface area contributed by atoms with Crippen molar-refractivity contribution >= 4 is 11.6 Å². The predicted molar refractivity (Wildman–Crippen MR) is 126 cm³/mol. The molecule has 2 aliphatic heterocycles. The molecular formula is C26H32F3N3O2. The first-order chi connectivity index (χ1) is 16.3. The summed E-state index contributed by atoms with van der Waals surface area (Å²) in [4.78, 5) is 15.3. The largest absolute Gasteiger partial charge is 0.573 e. The molecule has 2 aliphatic rings. The number of rotatable bonds is 8. The van der Waals surface area contributed by atoms with Gasteiger partial charge in [0.05, 0.1) is 0 Å². The Kier molecular flexibility index (Phi) is 7.78. The molecule has 0 unspecified atom stereocenters. The fourth-order valence-electron chi connectivity index (χ4n) is 5.11. The molecule has 2 N–H and O–H groups in total. The van der Waals surface area contributed by atoms with E-state index < -0.39 is 6.36 Å². The van der Waals surface area contributed by atoms with Gasteiger partial charge in [0, 0.05) is 24.7 Å². The van der Waals surface area contributed by atoms with Gasteiger partial charge in [-0.05, 0) is 87.0 Å². The molecule has 0 bridgehead atoms. The Bertz CT molecular complexity index is 923. The van der Waals surface area contributed by atoms with Crippen molar-refractivity contribution in [2.24, 2.45) is 11.3 Å². The van der Waals surface area contributed by atoms with E-state index in [-0.39, 0.29) is 23.0 Å². The third-order valence-electron chi connectivity index (χ3n) is 6.96. The van der Waals surface area contributed by atoms with E-state index in [1.54, 1.807) is 17.0 Å². The number of amides is 1. The van der Waals surface area contributed by atoms with Crippen molar-refractivity contribution in [3.8, 4) is 5.75 Å². The van der Waals surface area contributed by atoms with Crippen LogP contribution in [0.2, 0.25) is 0 Å². The molecule has 4 rings (SSSR count). The van der Waals surface area contributed by atoms with Crippen molar-refractivity contribution in [1.82, 2.24) is 10.6 Å². The molecule has 2 aromatic carbocycles. The Morgan fingerprint density at radius 2 is 1.71 bits per heavy atom. The van der Waals surface area contributed by atoms with E-state index in [1.165, 1.54) is 17.7 Å². The van der Waals surface area contributed by atoms with Crippen LogP contribution in [0.3, 0.4) is 0 Å². The molecule has 2 fully saturated rings. The van der Waals surface area contributed by atoms with Crippen LogP contribution >= 0.6 is 0 Å². The number of carbonyl (C=O) groups is 1. The Hall–Kier alpha value is -2.58. The molecule has 1 amide bonds. The summed E-state index contributed by atoms with van der Waals surface area (Å²) in [6.07, 6.45) is -0.454. The highest BCUT2D eigenvalue weighted by Gasteiger charge is 2.36. The molecule has 2 heterocycles. The van der Waals surface area contributed by atoms with E-state index in [0.29, 0.717) is 12.2 Å². The van der Waals surface area contributed by atoms with Gasteiger partial charge in [-0.25, -0.2) is 0 Å². The number of benzene rings is 2. The minimum Gasteiger partial charge on any atom is -0.406 e. The van der Waals surface area contributed by atoms with Crippen molar-refractivity contribution in [1.29, 1.82) is 0 Å². The first-order valence-electron chi connectivity index (χ1n) is 12.0. The first kappa shape index (κ1) is 24.5. The van der Waals surface area contributed by atoms with Crippen molar-refractivity contribution in [2.45, 2.75) is 38.5 Å². The Morgan fingerprint density at radius 1 is 1.00 bits per heavy atom. The van der Waals surface area contributed by atoms with Gasteiger partial charge in [0.1, 0.15) is 5.75 Å². The summed E-state index contributed by atoms with van der Waals surface area (Å²) in [6, 6.07) is 16.0. The molecule has 0 spiro atoms. The number of nitrogens with one attached hydrogen (secondary N) is 2. The van der Waals surface area contributed by atoms with Crippen LogP contribution in [0.15, 0.2) is 54.6 Å². The lowest BCUT2D eigenvalue weighted by atomic mass is 9.77. The monoisotopic (exact) mass is 475 g/mol. The quantitative estimate of drug-likeness (QED) is 0.589. The van der Waals surface area contributed by atoms with Gasteiger partial charge in [-0.1, -0.05) is 30.3 Å². The van der Waals surface area contributed by atoms with Gasteiger partial charge >= 0.3 is 6.36 Å². The maximum absolute atomic E-state index is 13.6. The molecule has 0 aromatic heterocycles. The van der Waals surface area contributed by atoms with Crippen LogP contribution in [-0.4, -0.2) is 45.0 Å². The molecule has 1 atom stereocenters. The van der Waals surface area contributed by atoms with E-state index in [4.69, 9.17) is 0 Å². The van der Waals surface area contributed by atoms with Crippen LogP contribution in [0.5, 0.6) is 5.75 Å². The zero-order valence-electron chi connectivity index (χ0n) is 19.2. The molecule has 34 heavy (non-hydrogen) atoms. The van der Waals surface area contributed by atoms with E-state index in [9.17, 15) is 18.0 Å². The zero-order valence-corrected chi connectivity index (χ0v) is 19.2. The Balaban J connectivity index is 1.53. The topological polar surface area (TPSA) is 53.6 Å². The number of carbonyl (C=O) groups excluding carboxylic acids is 1. The molecule has 0 saturated carbocycles. The Labute approximate surface area is 198 Å². The standard InChI is InChI=1S/C26H32F3N3O2/c27-26(28,29)34-23-8-6-22(7-9-23)32(24(33)21-10-14-30-15-11-21)17-13-25(12-16-31-19-25)18-20-4-2-1-3-5-20/h1-9,21,30-31H,10-19H2/t25-/m1/s1. The lowest BCUT2D eigenvalue weighted by molar-refractivity contribution is -0.274. The van der Waals surface area contributed by atoms with Gasteiger partial charge in [0.15, 0.2) is 0 Å². The summed E-state index contributed by atoms with van der Waals surface area (Å²) < 4.78 is 41.8. The zero-order chi connectivity index (χ0) is 24.0. The average Bonchev–Trinajstić information content (AvgIpc) is 3.28. The lowest BCUT2D eigenvalue weighted by Gasteiger charge is -2.34. The SMILES string of the molecule is O=C(C1CCNCC1)N(CC[C@@]1(Cc2ccccc2)CCNC1)c1ccc(OC(F)(F)F)cc1. The van der Waals surface area contributed by atoms with E-state index in [1.807, 2.05) is 18.2 Å². The number of alkyl halides is 3. The van der Waals surface area contributed by atoms with Crippen molar-refractivity contribution in [3.63, 3.8) is 0 Å². The van der Waals surface area contributed by atoms with Crippen LogP contribution in [-0.2, 0) is 11.2 Å². The van der Waals surface area contributed by atoms with Crippen molar-refractivity contribution in [3.05, 3.63) is 60.2 Å². The van der Waals surface area contributed by atoms with E-state index >= 15 is 0 Å². The minimum atomic E-state index is -4.74. The van der Waals surface area contributed by atoms with Gasteiger partial charge in [0.2, 0.25) is 5.91 Å². The van der Waals surface area contributed by atoms with E-state index in [0.717, 1.165) is 58.3 Å². The summed E-state index contributed by atoms with van der Waals surface area (Å²) in [5, 5.41) is 6.77. The fourth-order valence-corrected chi connectivity index (χ4v) is 5.11. The van der Waals surface area contributed by atoms with E-state index in [2.05, 4.69) is 27.5 Å². The molecule has 0 radical (unpaired) electrons. The van der Waals surface area contributed by atoms with Gasteiger partial charge in [-0.15, -0.1) is 13.2 Å². The number of piperidine rings is 1. The van der Waals surface area contributed by atoms with Gasteiger partial charge in [-0.3, -0.25) is 4.79 Å². The summed E-state index contributed by atoms with van der Waals surface area (Å²) in [6.45, 7) is 3.94. The molecule has 0 aliphatic carbocycles. The summed E-state index contributed by atoms with van der Waals surface area (Å²) >= 11 is 0. The normalized spacial score (nSPS) is 21.4. The molecular weight excluding hydrogens is 443 g/mol. The van der Waals surface area contributed by atoms with Gasteiger partial charge in [0.25, 0.3) is 0 Å². The van der Waals surface area contributed by atoms with Crippen molar-refractivity contribution < 1.29 is 22.7 Å². The summed E-state index contributed by atoms with van der Waals surface area (Å²) in [7, 11) is 0. The molecule has 8 heteroatoms. The van der Waals surface area contributed by atoms with Crippen molar-refractivity contribution in [2.75, 3.05) is 37.6 Å². The van der Waals surface area contributed by atoms with Crippen LogP contribution in [0.25, 0.3) is 0 Å². The Morgan fingerprint density at radius 3 is 2.32 bits per heavy atom. The second kappa shape index (κ2) is 10.8. The molecule has 5 nitrogen and oxygen atoms in total. The number of nitrogens with zero attached hydrogens (tertiary/aromatic N) is 1. The second-order valence-corrected chi connectivity index (χ2v) is 9.40. The fraction of sp³-hybridized carbons (Fsp3) is 0.500. The van der Waals surface area contributed by atoms with Crippen LogP contribution in [0, 0.1) is 11.3 Å². The summed E-state index contributed by atoms with van der Waals surface area (Å²) in [5.74, 6) is -0.322. The maximum Gasteiger partial charge on any atom is 0.573 e.